The Kier molecular flexibility index (Phi) is 8.13. The summed E-state index contributed by atoms with van der Waals surface area (Å²) in [4.78, 5) is 68.5. The number of carbonyl (C=O) groups excluding carboxylic acids is 3. The van der Waals surface area contributed by atoms with E-state index in [9.17, 15) is 24.0 Å². The van der Waals surface area contributed by atoms with E-state index in [-0.39, 0.29) is 55.4 Å². The number of hydrogen-bond donors (Lipinski definition) is 4. The van der Waals surface area contributed by atoms with Crippen LogP contribution < -0.4 is 40.8 Å². The molecule has 3 aliphatic heterocycles. The fourth-order valence-electron chi connectivity index (χ4n) is 4.74. The number of methoxy groups -OCH3 is 2. The molecule has 1 aromatic heterocycles. The van der Waals surface area contributed by atoms with Crippen LogP contribution in [0, 0.1) is 0 Å². The van der Waals surface area contributed by atoms with Crippen LogP contribution in [-0.4, -0.2) is 78.7 Å². The Labute approximate surface area is 238 Å². The molecule has 3 amide bonds. The number of ether oxygens (including phenoxy) is 4. The largest absolute Gasteiger partial charge is 0.493 e. The number of likely N-dealkylation sites (tertiary alicyclic amines) is 1. The number of fused-ring (bicyclic) bond motifs is 7. The summed E-state index contributed by atoms with van der Waals surface area (Å²) in [5.41, 5.74) is -0.248. The number of aromatic amines is 2. The highest BCUT2D eigenvalue weighted by molar-refractivity contribution is 5.95. The fourth-order valence-corrected chi connectivity index (χ4v) is 4.74. The van der Waals surface area contributed by atoms with Gasteiger partial charge in [0.2, 0.25) is 5.91 Å². The topological polar surface area (TPSA) is 181 Å². The van der Waals surface area contributed by atoms with Gasteiger partial charge in [0, 0.05) is 30.4 Å². The first-order valence-corrected chi connectivity index (χ1v) is 13.0. The predicted molar refractivity (Wildman–Crippen MR) is 147 cm³/mol. The maximum atomic E-state index is 13.4. The van der Waals surface area contributed by atoms with Crippen LogP contribution in [0.4, 0.5) is 0 Å². The van der Waals surface area contributed by atoms with E-state index in [0.717, 1.165) is 5.56 Å². The molecule has 4 bridgehead atoms. The normalized spacial score (nSPS) is 18.6. The summed E-state index contributed by atoms with van der Waals surface area (Å²) in [7, 11) is 2.92. The van der Waals surface area contributed by atoms with Crippen LogP contribution in [0.3, 0.4) is 0 Å². The Bertz CT molecular complexity index is 1630. The smallest absolute Gasteiger partial charge is 0.325 e. The van der Waals surface area contributed by atoms with Gasteiger partial charge in [-0.1, -0.05) is 6.07 Å². The van der Waals surface area contributed by atoms with Crippen molar-refractivity contribution in [3.63, 3.8) is 0 Å². The van der Waals surface area contributed by atoms with Crippen molar-refractivity contribution in [3.05, 3.63) is 80.1 Å². The molecule has 0 saturated carbocycles. The number of rotatable bonds is 4. The minimum Gasteiger partial charge on any atom is -0.493 e. The lowest BCUT2D eigenvalue weighted by molar-refractivity contribution is -0.129. The molecule has 1 saturated heterocycles. The summed E-state index contributed by atoms with van der Waals surface area (Å²) in [5, 5.41) is 5.71. The average Bonchev–Trinajstić information content (AvgIpc) is 3.38. The third-order valence-electron chi connectivity index (χ3n) is 6.95. The van der Waals surface area contributed by atoms with E-state index in [4.69, 9.17) is 18.9 Å². The highest BCUT2D eigenvalue weighted by Crippen LogP contribution is 2.32. The van der Waals surface area contributed by atoms with E-state index in [1.54, 1.807) is 30.3 Å². The van der Waals surface area contributed by atoms with Crippen molar-refractivity contribution in [2.75, 3.05) is 33.9 Å². The minimum absolute atomic E-state index is 0.0921. The van der Waals surface area contributed by atoms with E-state index < -0.39 is 35.2 Å². The Balaban J connectivity index is 1.46. The molecule has 4 heterocycles. The van der Waals surface area contributed by atoms with Crippen LogP contribution in [-0.2, 0) is 22.6 Å². The zero-order chi connectivity index (χ0) is 29.8. The molecule has 3 aromatic rings. The van der Waals surface area contributed by atoms with Crippen molar-refractivity contribution in [3.8, 4) is 23.0 Å². The molecular weight excluding hydrogens is 550 g/mol. The second-order valence-corrected chi connectivity index (χ2v) is 9.73. The minimum atomic E-state index is -0.684. The fraction of sp³-hybridized carbons (Fsp3) is 0.321. The molecule has 3 aliphatic rings. The van der Waals surface area contributed by atoms with Gasteiger partial charge in [-0.25, -0.2) is 4.79 Å². The lowest BCUT2D eigenvalue weighted by atomic mass is 10.1. The van der Waals surface area contributed by atoms with Crippen molar-refractivity contribution in [1.29, 1.82) is 0 Å². The standard InChI is InChI=1S/C28H29N5O9/c1-39-19-6-4-16-8-22(19)41-14-24(34)29-10-15-3-5-20(21(7-15)40-2)42-23-13-33(12-18(23)31-26(16)36)25(35)9-17-11-30-28(38)32-27(17)37/h3-8,11,18,23H,9-10,12-14H2,1-2H3,(H,29,34)(H,31,36)(H2,30,32,37,38)/t18-,23-/m0/s1. The Morgan fingerprint density at radius 1 is 1.00 bits per heavy atom. The summed E-state index contributed by atoms with van der Waals surface area (Å²) in [5.74, 6) is 0.0853. The number of nitrogens with one attached hydrogen (secondary N) is 4. The number of aromatic nitrogens is 2. The zero-order valence-corrected chi connectivity index (χ0v) is 22.9. The third kappa shape index (κ3) is 6.22. The molecule has 2 atom stereocenters. The Morgan fingerprint density at radius 3 is 2.57 bits per heavy atom. The highest BCUT2D eigenvalue weighted by atomic mass is 16.5. The molecule has 0 aliphatic carbocycles. The molecule has 14 heteroatoms. The van der Waals surface area contributed by atoms with Gasteiger partial charge in [0.15, 0.2) is 29.6 Å². The summed E-state index contributed by atoms with van der Waals surface area (Å²) in [6.45, 7) is 0.0890. The molecule has 220 valence electrons. The van der Waals surface area contributed by atoms with Gasteiger partial charge in [-0.15, -0.1) is 0 Å². The van der Waals surface area contributed by atoms with Gasteiger partial charge < -0.3 is 39.5 Å². The van der Waals surface area contributed by atoms with E-state index in [0.29, 0.717) is 17.2 Å². The van der Waals surface area contributed by atoms with Gasteiger partial charge in [0.25, 0.3) is 17.4 Å². The van der Waals surface area contributed by atoms with Gasteiger partial charge in [0.1, 0.15) is 6.10 Å². The monoisotopic (exact) mass is 579 g/mol. The lowest BCUT2D eigenvalue weighted by Gasteiger charge is -2.22. The number of nitrogens with zero attached hydrogens (tertiary/aromatic N) is 1. The number of amides is 3. The van der Waals surface area contributed by atoms with Crippen LogP contribution in [0.1, 0.15) is 21.5 Å². The SMILES string of the molecule is COc1ccc2cc1OCC(=O)NCc1ccc(c(OC)c1)O[C@H]1CN(C(=O)Cc3c[nH]c(=O)[nH]c3=O)C[C@@H]1NC2=O. The van der Waals surface area contributed by atoms with Crippen LogP contribution in [0.2, 0.25) is 0 Å². The van der Waals surface area contributed by atoms with E-state index >= 15 is 0 Å². The van der Waals surface area contributed by atoms with Crippen molar-refractivity contribution >= 4 is 17.7 Å². The zero-order valence-electron chi connectivity index (χ0n) is 22.9. The number of hydrogen-bond acceptors (Lipinski definition) is 9. The van der Waals surface area contributed by atoms with Crippen LogP contribution in [0.5, 0.6) is 23.0 Å². The Morgan fingerprint density at radius 2 is 1.81 bits per heavy atom. The van der Waals surface area contributed by atoms with E-state index in [1.165, 1.54) is 31.4 Å². The van der Waals surface area contributed by atoms with Gasteiger partial charge in [-0.05, 0) is 35.9 Å². The first kappa shape index (κ1) is 28.3. The summed E-state index contributed by atoms with van der Waals surface area (Å²) in [6, 6.07) is 9.09. The molecule has 4 N–H and O–H groups in total. The first-order chi connectivity index (χ1) is 20.2. The molecular formula is C28H29N5O9. The summed E-state index contributed by atoms with van der Waals surface area (Å²) >= 11 is 0. The predicted octanol–water partition coefficient (Wildman–Crippen LogP) is -0.280. The quantitative estimate of drug-likeness (QED) is 0.323. The molecule has 14 nitrogen and oxygen atoms in total. The summed E-state index contributed by atoms with van der Waals surface area (Å²) in [6.07, 6.45) is 0.258. The van der Waals surface area contributed by atoms with Gasteiger partial charge in [-0.3, -0.25) is 24.2 Å². The second kappa shape index (κ2) is 12.1. The maximum absolute atomic E-state index is 13.4. The molecule has 42 heavy (non-hydrogen) atoms. The average molecular weight is 580 g/mol. The van der Waals surface area contributed by atoms with Crippen molar-refractivity contribution < 1.29 is 33.3 Å². The van der Waals surface area contributed by atoms with Crippen LogP contribution in [0.15, 0.2) is 52.2 Å². The highest BCUT2D eigenvalue weighted by Gasteiger charge is 2.38. The Hall–Kier alpha value is -5.27. The van der Waals surface area contributed by atoms with Gasteiger partial charge >= 0.3 is 5.69 Å². The van der Waals surface area contributed by atoms with Crippen LogP contribution >= 0.6 is 0 Å². The van der Waals surface area contributed by atoms with E-state index in [2.05, 4.69) is 20.6 Å². The molecule has 0 unspecified atom stereocenters. The van der Waals surface area contributed by atoms with Gasteiger partial charge in [0.05, 0.1) is 33.2 Å². The molecule has 6 rings (SSSR count). The molecule has 2 aromatic carbocycles. The number of H-pyrrole nitrogens is 2. The van der Waals surface area contributed by atoms with Crippen molar-refractivity contribution in [2.45, 2.75) is 25.1 Å². The summed E-state index contributed by atoms with van der Waals surface area (Å²) < 4.78 is 22.8. The first-order valence-electron chi connectivity index (χ1n) is 13.0. The van der Waals surface area contributed by atoms with Crippen LogP contribution in [0.25, 0.3) is 0 Å². The lowest BCUT2D eigenvalue weighted by Crippen LogP contribution is -2.45. The molecule has 0 radical (unpaired) electrons. The molecule has 1 fully saturated rings. The third-order valence-corrected chi connectivity index (χ3v) is 6.95. The maximum Gasteiger partial charge on any atom is 0.325 e. The number of carbonyl (C=O) groups is 3. The second-order valence-electron chi connectivity index (χ2n) is 9.73. The van der Waals surface area contributed by atoms with E-state index in [1.807, 2.05) is 0 Å². The number of benzene rings is 2. The molecule has 0 spiro atoms. The van der Waals surface area contributed by atoms with Crippen molar-refractivity contribution in [1.82, 2.24) is 25.5 Å². The van der Waals surface area contributed by atoms with Crippen molar-refractivity contribution in [2.24, 2.45) is 0 Å². The van der Waals surface area contributed by atoms with Gasteiger partial charge in [-0.2, -0.15) is 0 Å².